The molecule has 0 radical (unpaired) electrons. The molecule has 3 aromatic rings. The van der Waals surface area contributed by atoms with Crippen molar-refractivity contribution in [3.8, 4) is 22.5 Å². The van der Waals surface area contributed by atoms with Crippen molar-refractivity contribution in [2.24, 2.45) is 7.05 Å². The Bertz CT molecular complexity index is 1240. The zero-order valence-corrected chi connectivity index (χ0v) is 17.4. The van der Waals surface area contributed by atoms with E-state index in [2.05, 4.69) is 29.4 Å². The van der Waals surface area contributed by atoms with Gasteiger partial charge in [-0.1, -0.05) is 30.3 Å². The second-order valence-electron chi connectivity index (χ2n) is 8.14. The van der Waals surface area contributed by atoms with Gasteiger partial charge in [0.05, 0.1) is 17.7 Å². The highest BCUT2D eigenvalue weighted by Crippen LogP contribution is 2.35. The predicted molar refractivity (Wildman–Crippen MR) is 115 cm³/mol. The smallest absolute Gasteiger partial charge is 0.255 e. The maximum atomic E-state index is 12.9. The molecule has 2 aliphatic heterocycles. The number of benzene rings is 2. The lowest BCUT2D eigenvalue weighted by Crippen LogP contribution is -2.52. The van der Waals surface area contributed by atoms with E-state index in [0.29, 0.717) is 18.5 Å². The molecule has 0 aliphatic carbocycles. The van der Waals surface area contributed by atoms with E-state index in [1.165, 1.54) is 0 Å². The van der Waals surface area contributed by atoms with Crippen molar-refractivity contribution in [3.05, 3.63) is 65.5 Å². The zero-order valence-electron chi connectivity index (χ0n) is 17.4. The standard InChI is InChI=1S/C24H22N4O3/c1-14-5-3-4-6-17(14)22-21(25-13-27(22)2)15-7-8-18-16(11-15)12-28(24(18)31)19-9-10-20(29)26-23(19)30/h3-8,11,13,19H,9-10,12H2,1-2H3,(H,26,29,30). The Hall–Kier alpha value is -3.74. The minimum absolute atomic E-state index is 0.170. The minimum Gasteiger partial charge on any atom is -0.333 e. The highest BCUT2D eigenvalue weighted by molar-refractivity contribution is 6.05. The van der Waals surface area contributed by atoms with Gasteiger partial charge in [0.25, 0.3) is 5.91 Å². The fourth-order valence-corrected chi connectivity index (χ4v) is 4.52. The summed E-state index contributed by atoms with van der Waals surface area (Å²) in [5.41, 5.74) is 6.54. The molecule has 0 bridgehead atoms. The summed E-state index contributed by atoms with van der Waals surface area (Å²) in [7, 11) is 1.97. The largest absolute Gasteiger partial charge is 0.333 e. The van der Waals surface area contributed by atoms with Crippen LogP contribution in [0.2, 0.25) is 0 Å². The summed E-state index contributed by atoms with van der Waals surface area (Å²) < 4.78 is 2.01. The van der Waals surface area contributed by atoms with Crippen LogP contribution in [0.25, 0.3) is 22.5 Å². The van der Waals surface area contributed by atoms with Crippen molar-refractivity contribution in [1.29, 1.82) is 0 Å². The number of carbonyl (C=O) groups is 3. The quantitative estimate of drug-likeness (QED) is 0.668. The first-order chi connectivity index (χ1) is 14.9. The molecule has 1 saturated heterocycles. The molecule has 156 valence electrons. The highest BCUT2D eigenvalue weighted by Gasteiger charge is 2.39. The first-order valence-electron chi connectivity index (χ1n) is 10.3. The number of hydrogen-bond acceptors (Lipinski definition) is 4. The number of nitrogens with one attached hydrogen (secondary N) is 1. The lowest BCUT2D eigenvalue weighted by Gasteiger charge is -2.29. The van der Waals surface area contributed by atoms with E-state index >= 15 is 0 Å². The summed E-state index contributed by atoms with van der Waals surface area (Å²) in [6, 6.07) is 13.3. The average molecular weight is 414 g/mol. The van der Waals surface area contributed by atoms with Crippen molar-refractivity contribution in [3.63, 3.8) is 0 Å². The van der Waals surface area contributed by atoms with Gasteiger partial charge in [-0.05, 0) is 36.6 Å². The number of aromatic nitrogens is 2. The Morgan fingerprint density at radius 2 is 1.87 bits per heavy atom. The predicted octanol–water partition coefficient (Wildman–Crippen LogP) is 2.82. The van der Waals surface area contributed by atoms with Gasteiger partial charge >= 0.3 is 0 Å². The van der Waals surface area contributed by atoms with E-state index in [1.807, 2.05) is 41.9 Å². The molecule has 1 atom stereocenters. The van der Waals surface area contributed by atoms with Gasteiger partial charge in [0, 0.05) is 36.7 Å². The molecule has 3 amide bonds. The van der Waals surface area contributed by atoms with Gasteiger partial charge < -0.3 is 9.47 Å². The third-order valence-electron chi connectivity index (χ3n) is 6.13. The van der Waals surface area contributed by atoms with Gasteiger partial charge in [-0.2, -0.15) is 0 Å². The van der Waals surface area contributed by atoms with Crippen molar-refractivity contribution >= 4 is 17.7 Å². The number of imidazole rings is 1. The SMILES string of the molecule is Cc1ccccc1-c1c(-c2ccc3c(c2)CN(C2CCC(=O)NC2=O)C3=O)ncn1C. The number of fused-ring (bicyclic) bond motifs is 1. The zero-order chi connectivity index (χ0) is 21.7. The van der Waals surface area contributed by atoms with Crippen LogP contribution in [0.1, 0.15) is 34.3 Å². The van der Waals surface area contributed by atoms with Gasteiger partial charge in [0.2, 0.25) is 11.8 Å². The summed E-state index contributed by atoms with van der Waals surface area (Å²) in [6.45, 7) is 2.42. The van der Waals surface area contributed by atoms with Gasteiger partial charge in [-0.15, -0.1) is 0 Å². The summed E-state index contributed by atoms with van der Waals surface area (Å²) in [5.74, 6) is -0.855. The number of rotatable bonds is 3. The van der Waals surface area contributed by atoms with Gasteiger partial charge in [-0.25, -0.2) is 4.98 Å². The molecule has 0 spiro atoms. The minimum atomic E-state index is -0.613. The fourth-order valence-electron chi connectivity index (χ4n) is 4.52. The molecule has 1 N–H and O–H groups in total. The lowest BCUT2D eigenvalue weighted by atomic mass is 9.98. The molecule has 1 unspecified atom stereocenters. The summed E-state index contributed by atoms with van der Waals surface area (Å²) >= 11 is 0. The first kappa shape index (κ1) is 19.2. The maximum Gasteiger partial charge on any atom is 0.255 e. The molecule has 1 aromatic heterocycles. The Kier molecular flexibility index (Phi) is 4.46. The van der Waals surface area contributed by atoms with Crippen molar-refractivity contribution in [2.45, 2.75) is 32.4 Å². The molecule has 31 heavy (non-hydrogen) atoms. The number of nitrogens with zero attached hydrogens (tertiary/aromatic N) is 3. The van der Waals surface area contributed by atoms with Crippen LogP contribution in [0.5, 0.6) is 0 Å². The summed E-state index contributed by atoms with van der Waals surface area (Å²) in [6.07, 6.45) is 2.40. The van der Waals surface area contributed by atoms with Gasteiger partial charge in [-0.3, -0.25) is 19.7 Å². The maximum absolute atomic E-state index is 12.9. The number of piperidine rings is 1. The van der Waals surface area contributed by atoms with E-state index in [-0.39, 0.29) is 18.2 Å². The summed E-state index contributed by atoms with van der Waals surface area (Å²) in [4.78, 5) is 42.9. The molecule has 5 rings (SSSR count). The van der Waals surface area contributed by atoms with Crippen LogP contribution in [0.3, 0.4) is 0 Å². The third-order valence-corrected chi connectivity index (χ3v) is 6.13. The molecule has 3 heterocycles. The van der Waals surface area contributed by atoms with Crippen LogP contribution in [-0.4, -0.2) is 38.2 Å². The van der Waals surface area contributed by atoms with Crippen LogP contribution >= 0.6 is 0 Å². The van der Waals surface area contributed by atoms with Gasteiger partial charge in [0.1, 0.15) is 6.04 Å². The molecule has 2 aromatic carbocycles. The Morgan fingerprint density at radius 1 is 1.06 bits per heavy atom. The van der Waals surface area contributed by atoms with Crippen LogP contribution in [-0.2, 0) is 23.2 Å². The molecule has 1 fully saturated rings. The Balaban J connectivity index is 1.51. The Labute approximate surface area is 179 Å². The van der Waals surface area contributed by atoms with Crippen LogP contribution in [0, 0.1) is 6.92 Å². The summed E-state index contributed by atoms with van der Waals surface area (Å²) in [5, 5.41) is 2.34. The second-order valence-corrected chi connectivity index (χ2v) is 8.14. The van der Waals surface area contributed by atoms with Crippen molar-refractivity contribution < 1.29 is 14.4 Å². The Morgan fingerprint density at radius 3 is 2.65 bits per heavy atom. The van der Waals surface area contributed by atoms with E-state index < -0.39 is 11.9 Å². The normalized spacial score (nSPS) is 18.3. The third kappa shape index (κ3) is 3.13. The van der Waals surface area contributed by atoms with E-state index in [4.69, 9.17) is 0 Å². The monoisotopic (exact) mass is 414 g/mol. The molecular weight excluding hydrogens is 392 g/mol. The molecule has 0 saturated carbocycles. The van der Waals surface area contributed by atoms with Crippen LogP contribution in [0.4, 0.5) is 0 Å². The van der Waals surface area contributed by atoms with Crippen LogP contribution in [0.15, 0.2) is 48.8 Å². The number of amides is 3. The van der Waals surface area contributed by atoms with Crippen LogP contribution < -0.4 is 5.32 Å². The van der Waals surface area contributed by atoms with Gasteiger partial charge in [0.15, 0.2) is 0 Å². The van der Waals surface area contributed by atoms with Crippen molar-refractivity contribution in [2.75, 3.05) is 0 Å². The van der Waals surface area contributed by atoms with E-state index in [1.54, 1.807) is 11.2 Å². The topological polar surface area (TPSA) is 84.3 Å². The second kappa shape index (κ2) is 7.19. The fraction of sp³-hybridized carbons (Fsp3) is 0.250. The molecular formula is C24H22N4O3. The molecule has 7 nitrogen and oxygen atoms in total. The molecule has 7 heteroatoms. The molecule has 2 aliphatic rings. The number of imide groups is 1. The lowest BCUT2D eigenvalue weighted by molar-refractivity contribution is -0.136. The van der Waals surface area contributed by atoms with E-state index in [9.17, 15) is 14.4 Å². The average Bonchev–Trinajstić information content (AvgIpc) is 3.28. The van der Waals surface area contributed by atoms with E-state index in [0.717, 1.165) is 33.6 Å². The number of carbonyl (C=O) groups excluding carboxylic acids is 3. The van der Waals surface area contributed by atoms with Crippen molar-refractivity contribution in [1.82, 2.24) is 19.8 Å². The first-order valence-corrected chi connectivity index (χ1v) is 10.3. The number of hydrogen-bond donors (Lipinski definition) is 1. The number of aryl methyl sites for hydroxylation is 2. The highest BCUT2D eigenvalue weighted by atomic mass is 16.2.